The van der Waals surface area contributed by atoms with E-state index in [0.717, 1.165) is 69.5 Å². The summed E-state index contributed by atoms with van der Waals surface area (Å²) in [6.07, 6.45) is 11.4. The normalized spacial score (nSPS) is 23.0. The second kappa shape index (κ2) is 8.96. The highest BCUT2D eigenvalue weighted by Crippen LogP contribution is 2.42. The van der Waals surface area contributed by atoms with Crippen molar-refractivity contribution in [3.8, 4) is 5.75 Å². The van der Waals surface area contributed by atoms with Crippen LogP contribution in [0.2, 0.25) is 0 Å². The van der Waals surface area contributed by atoms with Crippen LogP contribution in [0.5, 0.6) is 5.75 Å². The van der Waals surface area contributed by atoms with Gasteiger partial charge in [0.15, 0.2) is 9.84 Å². The van der Waals surface area contributed by atoms with Gasteiger partial charge in [-0.15, -0.1) is 0 Å². The van der Waals surface area contributed by atoms with E-state index in [2.05, 4.69) is 37.9 Å². The second-order valence-corrected chi connectivity index (χ2v) is 12.8. The average Bonchev–Trinajstić information content (AvgIpc) is 2.84. The highest BCUT2D eigenvalue weighted by molar-refractivity contribution is 7.90. The molecule has 8 heteroatoms. The molecule has 2 saturated heterocycles. The Morgan fingerprint density at radius 1 is 0.943 bits per heavy atom. The van der Waals surface area contributed by atoms with Gasteiger partial charge in [-0.25, -0.2) is 13.4 Å². The number of benzene rings is 1. The van der Waals surface area contributed by atoms with Crippen molar-refractivity contribution in [2.45, 2.75) is 61.5 Å². The molecule has 1 aromatic carbocycles. The molecule has 7 nitrogen and oxygen atoms in total. The van der Waals surface area contributed by atoms with Crippen molar-refractivity contribution >= 4 is 21.3 Å². The Hall–Kier alpha value is -2.32. The highest BCUT2D eigenvalue weighted by atomic mass is 32.2. The number of fused-ring (bicyclic) bond motifs is 1. The van der Waals surface area contributed by atoms with Crippen LogP contribution < -0.4 is 14.5 Å². The molecule has 2 aromatic rings. The molecule has 188 valence electrons. The minimum absolute atomic E-state index is 0.0417. The molecule has 1 aromatic heterocycles. The number of ether oxygens (including phenoxy) is 1. The van der Waals surface area contributed by atoms with Crippen molar-refractivity contribution in [3.63, 3.8) is 0 Å². The Morgan fingerprint density at radius 3 is 2.31 bits per heavy atom. The first-order valence-electron chi connectivity index (χ1n) is 13.1. The average molecular weight is 497 g/mol. The molecule has 3 fully saturated rings. The predicted octanol–water partition coefficient (Wildman–Crippen LogP) is 3.52. The smallest absolute Gasteiger partial charge is 0.177 e. The number of nitrogens with zero attached hydrogens (tertiary/aromatic N) is 4. The van der Waals surface area contributed by atoms with Crippen LogP contribution in [0.15, 0.2) is 41.4 Å². The van der Waals surface area contributed by atoms with Gasteiger partial charge in [-0.05, 0) is 74.4 Å². The van der Waals surface area contributed by atoms with Crippen LogP contribution in [0.25, 0.3) is 0 Å². The van der Waals surface area contributed by atoms with E-state index in [1.165, 1.54) is 56.1 Å². The maximum absolute atomic E-state index is 11.7. The van der Waals surface area contributed by atoms with Gasteiger partial charge in [-0.3, -0.25) is 0 Å². The number of anilines is 2. The third-order valence-electron chi connectivity index (χ3n) is 8.64. The first-order chi connectivity index (χ1) is 16.9. The molecule has 0 atom stereocenters. The summed E-state index contributed by atoms with van der Waals surface area (Å²) in [4.78, 5) is 12.0. The fourth-order valence-corrected chi connectivity index (χ4v) is 6.64. The summed E-state index contributed by atoms with van der Waals surface area (Å²) in [5.41, 5.74) is 2.65. The van der Waals surface area contributed by atoms with Crippen LogP contribution in [0.1, 0.15) is 44.1 Å². The molecular formula is C27H36N4O3S. The summed E-state index contributed by atoms with van der Waals surface area (Å²) in [7, 11) is -3.22. The molecule has 0 bridgehead atoms. The molecule has 0 radical (unpaired) electrons. The first-order valence-corrected chi connectivity index (χ1v) is 15.0. The number of aromatic nitrogens is 1. The van der Waals surface area contributed by atoms with Crippen molar-refractivity contribution < 1.29 is 13.2 Å². The Bertz CT molecular complexity index is 1160. The van der Waals surface area contributed by atoms with Crippen molar-refractivity contribution in [2.75, 3.05) is 55.3 Å². The number of hydrogen-bond donors (Lipinski definition) is 0. The summed E-state index contributed by atoms with van der Waals surface area (Å²) in [5, 5.41) is 0. The summed E-state index contributed by atoms with van der Waals surface area (Å²) >= 11 is 0. The summed E-state index contributed by atoms with van der Waals surface area (Å²) in [6, 6.07) is 11.1. The van der Waals surface area contributed by atoms with Gasteiger partial charge in [0.1, 0.15) is 17.2 Å². The standard InChI is InChI=1S/C27H36N4O3S/c1-35(32,33)24-6-8-26(28-20-24)31-17-15-30(16-18-31)23-5-7-25-21(19-23)9-10-27(34-25)11-13-29(14-12-27)22-3-2-4-22/h5-8,19-20,22H,2-4,9-18H2,1H3. The van der Waals surface area contributed by atoms with E-state index in [1.54, 1.807) is 6.07 Å². The third kappa shape index (κ3) is 4.62. The zero-order valence-electron chi connectivity index (χ0n) is 20.7. The van der Waals surface area contributed by atoms with E-state index in [0.29, 0.717) is 0 Å². The van der Waals surface area contributed by atoms with Gasteiger partial charge in [0.2, 0.25) is 0 Å². The van der Waals surface area contributed by atoms with Crippen LogP contribution in [-0.4, -0.2) is 75.5 Å². The van der Waals surface area contributed by atoms with Gasteiger partial charge in [-0.2, -0.15) is 0 Å². The lowest BCUT2D eigenvalue weighted by Gasteiger charge is -2.48. The lowest BCUT2D eigenvalue weighted by Crippen LogP contribution is -2.53. The van der Waals surface area contributed by atoms with Gasteiger partial charge in [0.25, 0.3) is 0 Å². The van der Waals surface area contributed by atoms with Crippen molar-refractivity contribution in [1.82, 2.24) is 9.88 Å². The Morgan fingerprint density at radius 2 is 1.69 bits per heavy atom. The number of pyridine rings is 1. The van der Waals surface area contributed by atoms with Crippen LogP contribution in [-0.2, 0) is 16.3 Å². The number of rotatable bonds is 4. The van der Waals surface area contributed by atoms with Crippen molar-refractivity contribution in [1.29, 1.82) is 0 Å². The van der Waals surface area contributed by atoms with Crippen LogP contribution in [0.4, 0.5) is 11.5 Å². The van der Waals surface area contributed by atoms with E-state index in [1.807, 2.05) is 6.07 Å². The molecule has 0 amide bonds. The molecule has 4 heterocycles. The molecule has 0 unspecified atom stereocenters. The fraction of sp³-hybridized carbons (Fsp3) is 0.593. The van der Waals surface area contributed by atoms with E-state index in [4.69, 9.17) is 4.74 Å². The van der Waals surface area contributed by atoms with Gasteiger partial charge < -0.3 is 19.4 Å². The summed E-state index contributed by atoms with van der Waals surface area (Å²) in [6.45, 7) is 5.92. The zero-order chi connectivity index (χ0) is 24.0. The molecule has 6 rings (SSSR count). The molecule has 1 spiro atoms. The number of aryl methyl sites for hydroxylation is 1. The molecule has 0 N–H and O–H groups in total. The molecule has 35 heavy (non-hydrogen) atoms. The van der Waals surface area contributed by atoms with Gasteiger partial charge >= 0.3 is 0 Å². The summed E-state index contributed by atoms with van der Waals surface area (Å²) in [5.74, 6) is 1.93. The fourth-order valence-electron chi connectivity index (χ4n) is 6.08. The highest BCUT2D eigenvalue weighted by Gasteiger charge is 2.41. The number of sulfone groups is 1. The van der Waals surface area contributed by atoms with Crippen LogP contribution >= 0.6 is 0 Å². The number of hydrogen-bond acceptors (Lipinski definition) is 7. The SMILES string of the molecule is CS(=O)(=O)c1ccc(N2CCN(c3ccc4c(c3)CCC3(CCN(C5CCC5)CC3)O4)CC2)nc1. The molecular weight excluding hydrogens is 460 g/mol. The van der Waals surface area contributed by atoms with E-state index in [-0.39, 0.29) is 10.5 Å². The van der Waals surface area contributed by atoms with Crippen LogP contribution in [0, 0.1) is 0 Å². The van der Waals surface area contributed by atoms with Crippen LogP contribution in [0.3, 0.4) is 0 Å². The quantitative estimate of drug-likeness (QED) is 0.642. The van der Waals surface area contributed by atoms with Gasteiger partial charge in [0.05, 0.1) is 4.90 Å². The minimum atomic E-state index is -3.22. The third-order valence-corrected chi connectivity index (χ3v) is 9.74. The Labute approximate surface area is 209 Å². The van der Waals surface area contributed by atoms with E-state index >= 15 is 0 Å². The predicted molar refractivity (Wildman–Crippen MR) is 138 cm³/mol. The molecule has 3 aliphatic heterocycles. The number of piperazine rings is 1. The minimum Gasteiger partial charge on any atom is -0.487 e. The zero-order valence-corrected chi connectivity index (χ0v) is 21.5. The Kier molecular flexibility index (Phi) is 5.92. The van der Waals surface area contributed by atoms with Gasteiger partial charge in [0, 0.05) is 63.5 Å². The second-order valence-electron chi connectivity index (χ2n) is 10.8. The van der Waals surface area contributed by atoms with Crippen molar-refractivity contribution in [3.05, 3.63) is 42.1 Å². The van der Waals surface area contributed by atoms with Gasteiger partial charge in [-0.1, -0.05) is 6.42 Å². The summed E-state index contributed by atoms with van der Waals surface area (Å²) < 4.78 is 30.1. The first kappa shape index (κ1) is 23.1. The largest absolute Gasteiger partial charge is 0.487 e. The maximum Gasteiger partial charge on any atom is 0.177 e. The van der Waals surface area contributed by atoms with Crippen molar-refractivity contribution in [2.24, 2.45) is 0 Å². The molecule has 4 aliphatic rings. The lowest BCUT2D eigenvalue weighted by atomic mass is 9.81. The number of likely N-dealkylation sites (tertiary alicyclic amines) is 1. The molecule has 1 aliphatic carbocycles. The molecule has 1 saturated carbocycles. The van der Waals surface area contributed by atoms with E-state index in [9.17, 15) is 8.42 Å². The lowest BCUT2D eigenvalue weighted by molar-refractivity contribution is -0.0336. The number of piperidine rings is 1. The van der Waals surface area contributed by atoms with E-state index < -0.39 is 9.84 Å². The Balaban J connectivity index is 1.06. The maximum atomic E-state index is 11.7. The monoisotopic (exact) mass is 496 g/mol. The topological polar surface area (TPSA) is 66.0 Å².